The summed E-state index contributed by atoms with van der Waals surface area (Å²) in [4.78, 5) is 16.9. The van der Waals surface area contributed by atoms with Gasteiger partial charge < -0.3 is 0 Å². The highest BCUT2D eigenvalue weighted by molar-refractivity contribution is 7.93. The van der Waals surface area contributed by atoms with E-state index in [0.29, 0.717) is 25.3 Å². The average molecular weight is 372 g/mol. The lowest BCUT2D eigenvalue weighted by Crippen LogP contribution is -2.24. The number of carbonyl (C=O) groups is 1. The largest absolute Gasteiger partial charge is 0.270 e. The summed E-state index contributed by atoms with van der Waals surface area (Å²) in [7, 11) is -3.18. The number of nitrogens with one attached hydrogen (secondary N) is 1. The van der Waals surface area contributed by atoms with Crippen LogP contribution in [-0.2, 0) is 26.3 Å². The number of hydrogen-bond acceptors (Lipinski definition) is 4. The molecule has 26 heavy (non-hydrogen) atoms. The highest BCUT2D eigenvalue weighted by Crippen LogP contribution is 2.24. The highest BCUT2D eigenvalue weighted by atomic mass is 32.2. The number of hydroxylamine groups is 1. The van der Waals surface area contributed by atoms with Gasteiger partial charge in [0.05, 0.1) is 18.0 Å². The molecule has 6 nitrogen and oxygen atoms in total. The van der Waals surface area contributed by atoms with Crippen LogP contribution in [-0.4, -0.2) is 26.6 Å². The summed E-state index contributed by atoms with van der Waals surface area (Å²) >= 11 is 0. The molecule has 0 aromatic heterocycles. The Morgan fingerprint density at radius 2 is 1.85 bits per heavy atom. The summed E-state index contributed by atoms with van der Waals surface area (Å²) in [5.41, 5.74) is 4.76. The van der Waals surface area contributed by atoms with Gasteiger partial charge in [0.25, 0.3) is 5.91 Å². The molecule has 0 spiro atoms. The summed E-state index contributed by atoms with van der Waals surface area (Å²) in [5, 5.41) is 0. The highest BCUT2D eigenvalue weighted by Gasteiger charge is 2.28. The Hall–Kier alpha value is -2.64. The third-order valence-electron chi connectivity index (χ3n) is 3.96. The van der Waals surface area contributed by atoms with Gasteiger partial charge in [0.1, 0.15) is 0 Å². The van der Waals surface area contributed by atoms with E-state index >= 15 is 0 Å². The van der Waals surface area contributed by atoms with Crippen molar-refractivity contribution in [1.82, 2.24) is 5.48 Å². The molecule has 0 aliphatic carbocycles. The molecular weight excluding hydrogens is 352 g/mol. The normalized spacial score (nSPS) is 16.1. The summed E-state index contributed by atoms with van der Waals surface area (Å²) in [5.74, 6) is -0.176. The van der Waals surface area contributed by atoms with E-state index in [-0.39, 0.29) is 11.7 Å². The second-order valence-electron chi connectivity index (χ2n) is 5.91. The number of sulfonamides is 1. The van der Waals surface area contributed by atoms with Gasteiger partial charge in [-0.15, -0.1) is 0 Å². The first-order chi connectivity index (χ1) is 12.5. The van der Waals surface area contributed by atoms with Crippen LogP contribution in [0.15, 0.2) is 60.7 Å². The van der Waals surface area contributed by atoms with Gasteiger partial charge in [0.2, 0.25) is 10.0 Å². The molecule has 0 radical (unpaired) electrons. The smallest absolute Gasteiger partial charge is 0.267 e. The standard InChI is InChI=1S/C19H20N2O4S/c22-19(20-25-15-17-5-2-1-3-6-17)12-9-16-7-10-18(11-8-16)21-13-4-14-26(21,23)24/h1-3,5-12H,4,13-15H2,(H,20,22)/b12-9+. The zero-order valence-electron chi connectivity index (χ0n) is 14.2. The third kappa shape index (κ3) is 4.71. The van der Waals surface area contributed by atoms with Crippen molar-refractivity contribution in [1.29, 1.82) is 0 Å². The minimum atomic E-state index is -3.18. The molecule has 2 aromatic rings. The van der Waals surface area contributed by atoms with E-state index in [2.05, 4.69) is 5.48 Å². The van der Waals surface area contributed by atoms with Crippen LogP contribution in [0.1, 0.15) is 17.5 Å². The fraction of sp³-hybridized carbons (Fsp3) is 0.211. The molecular formula is C19H20N2O4S. The predicted molar refractivity (Wildman–Crippen MR) is 101 cm³/mol. The van der Waals surface area contributed by atoms with Crippen LogP contribution in [0.3, 0.4) is 0 Å². The second-order valence-corrected chi connectivity index (χ2v) is 7.92. The molecule has 1 N–H and O–H groups in total. The van der Waals surface area contributed by atoms with Gasteiger partial charge in [-0.25, -0.2) is 13.9 Å². The van der Waals surface area contributed by atoms with Crippen LogP contribution in [0, 0.1) is 0 Å². The number of hydrogen-bond donors (Lipinski definition) is 1. The molecule has 3 rings (SSSR count). The SMILES string of the molecule is O=C(/C=C/c1ccc(N2CCCS2(=O)=O)cc1)NOCc1ccccc1. The van der Waals surface area contributed by atoms with Crippen molar-refractivity contribution in [2.24, 2.45) is 0 Å². The Bertz CT molecular complexity index is 878. The van der Waals surface area contributed by atoms with E-state index in [1.54, 1.807) is 30.3 Å². The lowest BCUT2D eigenvalue weighted by Gasteiger charge is -2.16. The first kappa shape index (κ1) is 18.2. The second kappa shape index (κ2) is 8.16. The van der Waals surface area contributed by atoms with Crippen LogP contribution < -0.4 is 9.79 Å². The molecule has 1 fully saturated rings. The van der Waals surface area contributed by atoms with Crippen molar-refractivity contribution in [3.63, 3.8) is 0 Å². The topological polar surface area (TPSA) is 75.7 Å². The van der Waals surface area contributed by atoms with E-state index < -0.39 is 10.0 Å². The summed E-state index contributed by atoms with van der Waals surface area (Å²) in [6.07, 6.45) is 3.66. The molecule has 7 heteroatoms. The maximum absolute atomic E-state index is 11.9. The van der Waals surface area contributed by atoms with E-state index in [1.165, 1.54) is 10.4 Å². The lowest BCUT2D eigenvalue weighted by atomic mass is 10.2. The Morgan fingerprint density at radius 1 is 1.12 bits per heavy atom. The van der Waals surface area contributed by atoms with Gasteiger partial charge in [0.15, 0.2) is 0 Å². The van der Waals surface area contributed by atoms with Gasteiger partial charge in [0, 0.05) is 12.6 Å². The Morgan fingerprint density at radius 3 is 2.50 bits per heavy atom. The minimum absolute atomic E-state index is 0.192. The van der Waals surface area contributed by atoms with Crippen LogP contribution in [0.5, 0.6) is 0 Å². The molecule has 0 atom stereocenters. The number of nitrogens with zero attached hydrogens (tertiary/aromatic N) is 1. The third-order valence-corrected chi connectivity index (χ3v) is 5.83. The van der Waals surface area contributed by atoms with Crippen LogP contribution in [0.2, 0.25) is 0 Å². The zero-order valence-corrected chi connectivity index (χ0v) is 15.0. The molecule has 1 aliphatic heterocycles. The summed E-state index contributed by atoms with van der Waals surface area (Å²) < 4.78 is 25.2. The minimum Gasteiger partial charge on any atom is -0.270 e. The zero-order chi connectivity index (χ0) is 18.4. The van der Waals surface area contributed by atoms with Gasteiger partial charge >= 0.3 is 0 Å². The first-order valence-electron chi connectivity index (χ1n) is 8.29. The number of rotatable bonds is 6. The predicted octanol–water partition coefficient (Wildman–Crippen LogP) is 2.49. The van der Waals surface area contributed by atoms with Crippen molar-refractivity contribution in [2.75, 3.05) is 16.6 Å². The van der Waals surface area contributed by atoms with Gasteiger partial charge in [-0.2, -0.15) is 0 Å². The fourth-order valence-electron chi connectivity index (χ4n) is 2.65. The van der Waals surface area contributed by atoms with Gasteiger partial charge in [-0.3, -0.25) is 13.9 Å². The molecule has 1 saturated heterocycles. The number of amides is 1. The monoisotopic (exact) mass is 372 g/mol. The molecule has 0 saturated carbocycles. The molecule has 1 aliphatic rings. The maximum Gasteiger partial charge on any atom is 0.267 e. The van der Waals surface area contributed by atoms with Crippen molar-refractivity contribution >= 4 is 27.7 Å². The molecule has 1 amide bonds. The fourth-order valence-corrected chi connectivity index (χ4v) is 4.22. The molecule has 0 unspecified atom stereocenters. The first-order valence-corrected chi connectivity index (χ1v) is 9.90. The maximum atomic E-state index is 11.9. The van der Waals surface area contributed by atoms with Crippen LogP contribution in [0.4, 0.5) is 5.69 Å². The van der Waals surface area contributed by atoms with E-state index in [1.807, 2.05) is 30.3 Å². The van der Waals surface area contributed by atoms with Gasteiger partial charge in [-0.05, 0) is 35.8 Å². The summed E-state index contributed by atoms with van der Waals surface area (Å²) in [6, 6.07) is 16.6. The van der Waals surface area contributed by atoms with Gasteiger partial charge in [-0.1, -0.05) is 42.5 Å². The number of carbonyl (C=O) groups excluding carboxylic acids is 1. The molecule has 1 heterocycles. The summed E-state index contributed by atoms with van der Waals surface area (Å²) in [6.45, 7) is 0.804. The van der Waals surface area contributed by atoms with E-state index in [9.17, 15) is 13.2 Å². The van der Waals surface area contributed by atoms with Crippen molar-refractivity contribution in [3.05, 3.63) is 71.8 Å². The molecule has 2 aromatic carbocycles. The average Bonchev–Trinajstić information content (AvgIpc) is 3.00. The Balaban J connectivity index is 1.51. The van der Waals surface area contributed by atoms with Crippen molar-refractivity contribution in [2.45, 2.75) is 13.0 Å². The number of anilines is 1. The van der Waals surface area contributed by atoms with E-state index in [0.717, 1.165) is 11.1 Å². The lowest BCUT2D eigenvalue weighted by molar-refractivity contribution is -0.129. The van der Waals surface area contributed by atoms with Crippen LogP contribution in [0.25, 0.3) is 6.08 Å². The molecule has 0 bridgehead atoms. The quantitative estimate of drug-likeness (QED) is 0.624. The molecule has 136 valence electrons. The van der Waals surface area contributed by atoms with Crippen molar-refractivity contribution < 1.29 is 18.0 Å². The van der Waals surface area contributed by atoms with Crippen molar-refractivity contribution in [3.8, 4) is 0 Å². The number of benzene rings is 2. The van der Waals surface area contributed by atoms with Crippen LogP contribution >= 0.6 is 0 Å². The Kier molecular flexibility index (Phi) is 5.70. The Labute approximate surface area is 153 Å². The van der Waals surface area contributed by atoms with E-state index in [4.69, 9.17) is 4.84 Å².